The van der Waals surface area contributed by atoms with Gasteiger partial charge in [-0.2, -0.15) is 0 Å². The van der Waals surface area contributed by atoms with Crippen LogP contribution in [0.5, 0.6) is 0 Å². The fourth-order valence-electron chi connectivity index (χ4n) is 2.51. The molecule has 1 heterocycles. The number of anilines is 1. The van der Waals surface area contributed by atoms with E-state index in [0.29, 0.717) is 11.3 Å². The van der Waals surface area contributed by atoms with Crippen molar-refractivity contribution in [1.29, 1.82) is 0 Å². The van der Waals surface area contributed by atoms with Crippen molar-refractivity contribution in [3.8, 4) is 0 Å². The third-order valence-electron chi connectivity index (χ3n) is 3.92. The topological polar surface area (TPSA) is 112 Å². The number of furan rings is 1. The predicted octanol–water partition coefficient (Wildman–Crippen LogP) is 4.78. The maximum Gasteiger partial charge on any atom is 0.332 e. The van der Waals surface area contributed by atoms with Crippen LogP contribution in [0.2, 0.25) is 5.02 Å². The number of nitrogens with one attached hydrogen (secondary N) is 1. The van der Waals surface area contributed by atoms with Gasteiger partial charge < -0.3 is 14.5 Å². The number of hydrogen-bond acceptors (Lipinski definition) is 6. The van der Waals surface area contributed by atoms with Crippen LogP contribution in [0.1, 0.15) is 17.4 Å². The number of esters is 1. The zero-order chi connectivity index (χ0) is 21.5. The Labute approximate surface area is 175 Å². The number of ether oxygens (including phenoxy) is 1. The van der Waals surface area contributed by atoms with E-state index in [1.165, 1.54) is 24.5 Å². The molecule has 30 heavy (non-hydrogen) atoms. The van der Waals surface area contributed by atoms with Gasteiger partial charge in [-0.1, -0.05) is 41.9 Å². The smallest absolute Gasteiger partial charge is 0.332 e. The Morgan fingerprint density at radius 3 is 2.53 bits per heavy atom. The number of benzene rings is 2. The maximum absolute atomic E-state index is 12.8. The molecule has 0 radical (unpaired) electrons. The summed E-state index contributed by atoms with van der Waals surface area (Å²) in [5.74, 6) is -0.979. The van der Waals surface area contributed by atoms with Crippen LogP contribution in [0.3, 0.4) is 0 Å². The second-order valence-corrected chi connectivity index (χ2v) is 6.39. The SMILES string of the molecule is O=C(/C=C/c1ccco1)OC(C(=O)Nc1ccc([N+](=O)[O-])cc1Cl)c1ccccc1. The summed E-state index contributed by atoms with van der Waals surface area (Å²) in [4.78, 5) is 35.3. The predicted molar refractivity (Wildman–Crippen MR) is 110 cm³/mol. The van der Waals surface area contributed by atoms with Gasteiger partial charge in [-0.3, -0.25) is 14.9 Å². The van der Waals surface area contributed by atoms with E-state index in [1.807, 2.05) is 0 Å². The van der Waals surface area contributed by atoms with Crippen LogP contribution in [0.15, 0.2) is 77.4 Å². The Morgan fingerprint density at radius 1 is 1.13 bits per heavy atom. The van der Waals surface area contributed by atoms with Gasteiger partial charge in [0.05, 0.1) is 21.9 Å². The minimum absolute atomic E-state index is 0.0200. The average Bonchev–Trinajstić information content (AvgIpc) is 3.26. The number of nitro benzene ring substituents is 1. The number of amides is 1. The molecule has 0 bridgehead atoms. The maximum atomic E-state index is 12.8. The second kappa shape index (κ2) is 9.53. The summed E-state index contributed by atoms with van der Waals surface area (Å²) in [5, 5.41) is 13.4. The van der Waals surface area contributed by atoms with Crippen LogP contribution in [0.25, 0.3) is 6.08 Å². The van der Waals surface area contributed by atoms with Crippen molar-refractivity contribution in [3.63, 3.8) is 0 Å². The van der Waals surface area contributed by atoms with Gasteiger partial charge in [-0.15, -0.1) is 0 Å². The molecule has 3 rings (SSSR count). The molecule has 1 N–H and O–H groups in total. The van der Waals surface area contributed by atoms with Crippen molar-refractivity contribution in [3.05, 3.63) is 99.5 Å². The minimum Gasteiger partial charge on any atom is -0.465 e. The van der Waals surface area contributed by atoms with E-state index in [0.717, 1.165) is 12.1 Å². The molecule has 0 saturated heterocycles. The Bertz CT molecular complexity index is 1080. The van der Waals surface area contributed by atoms with Crippen molar-refractivity contribution in [2.24, 2.45) is 0 Å². The summed E-state index contributed by atoms with van der Waals surface area (Å²) in [5.41, 5.74) is 0.371. The number of nitrogens with zero attached hydrogens (tertiary/aromatic N) is 1. The molecule has 9 heteroatoms. The van der Waals surface area contributed by atoms with Crippen LogP contribution >= 0.6 is 11.6 Å². The summed E-state index contributed by atoms with van der Waals surface area (Å²) < 4.78 is 10.4. The van der Waals surface area contributed by atoms with Gasteiger partial charge in [0.1, 0.15) is 5.76 Å². The Balaban J connectivity index is 1.79. The van der Waals surface area contributed by atoms with E-state index in [1.54, 1.807) is 42.5 Å². The van der Waals surface area contributed by atoms with Crippen molar-refractivity contribution >= 4 is 40.9 Å². The van der Waals surface area contributed by atoms with Crippen LogP contribution in [-0.4, -0.2) is 16.8 Å². The average molecular weight is 427 g/mol. The first-order valence-electron chi connectivity index (χ1n) is 8.66. The third-order valence-corrected chi connectivity index (χ3v) is 4.24. The number of carbonyl (C=O) groups excluding carboxylic acids is 2. The number of carbonyl (C=O) groups is 2. The summed E-state index contributed by atoms with van der Waals surface area (Å²) in [6.07, 6.45) is 2.74. The van der Waals surface area contributed by atoms with E-state index >= 15 is 0 Å². The van der Waals surface area contributed by atoms with Crippen molar-refractivity contribution in [2.75, 3.05) is 5.32 Å². The highest BCUT2D eigenvalue weighted by Crippen LogP contribution is 2.28. The number of non-ortho nitro benzene ring substituents is 1. The molecule has 8 nitrogen and oxygen atoms in total. The Morgan fingerprint density at radius 2 is 1.90 bits per heavy atom. The highest BCUT2D eigenvalue weighted by molar-refractivity contribution is 6.34. The first-order valence-corrected chi connectivity index (χ1v) is 9.04. The molecule has 1 aromatic heterocycles. The molecule has 1 atom stereocenters. The van der Waals surface area contributed by atoms with Crippen molar-refractivity contribution < 1.29 is 23.7 Å². The van der Waals surface area contributed by atoms with Gasteiger partial charge in [0.25, 0.3) is 11.6 Å². The largest absolute Gasteiger partial charge is 0.465 e. The second-order valence-electron chi connectivity index (χ2n) is 5.99. The number of halogens is 1. The monoisotopic (exact) mass is 426 g/mol. The Hall–Kier alpha value is -3.91. The van der Waals surface area contributed by atoms with E-state index in [4.69, 9.17) is 20.8 Å². The lowest BCUT2D eigenvalue weighted by molar-refractivity contribution is -0.384. The lowest BCUT2D eigenvalue weighted by Gasteiger charge is -2.17. The minimum atomic E-state index is -1.27. The van der Waals surface area contributed by atoms with E-state index < -0.39 is 22.9 Å². The molecule has 0 aliphatic rings. The molecule has 0 fully saturated rings. The van der Waals surface area contributed by atoms with E-state index in [-0.39, 0.29) is 16.4 Å². The highest BCUT2D eigenvalue weighted by Gasteiger charge is 2.25. The summed E-state index contributed by atoms with van der Waals surface area (Å²) in [7, 11) is 0. The molecule has 0 saturated carbocycles. The number of hydrogen-bond donors (Lipinski definition) is 1. The van der Waals surface area contributed by atoms with Crippen molar-refractivity contribution in [2.45, 2.75) is 6.10 Å². The van der Waals surface area contributed by atoms with Crippen molar-refractivity contribution in [1.82, 2.24) is 0 Å². The molecule has 1 amide bonds. The molecule has 0 aliphatic heterocycles. The normalized spacial score (nSPS) is 11.8. The first kappa shape index (κ1) is 20.8. The third kappa shape index (κ3) is 5.33. The lowest BCUT2D eigenvalue weighted by atomic mass is 10.1. The molecule has 0 aliphatic carbocycles. The molecular formula is C21H15ClN2O6. The van der Waals surface area contributed by atoms with Crippen LogP contribution in [-0.2, 0) is 14.3 Å². The van der Waals surface area contributed by atoms with E-state index in [2.05, 4.69) is 5.32 Å². The number of rotatable bonds is 7. The number of nitro groups is 1. The Kier molecular flexibility index (Phi) is 6.61. The lowest BCUT2D eigenvalue weighted by Crippen LogP contribution is -2.25. The van der Waals surface area contributed by atoms with Gasteiger partial charge in [-0.05, 0) is 24.3 Å². The standard InChI is InChI=1S/C21H15ClN2O6/c22-17-13-15(24(27)28)8-10-18(17)23-21(26)20(14-5-2-1-3-6-14)30-19(25)11-9-16-7-4-12-29-16/h1-13,20H,(H,23,26)/b11-9+. The molecule has 152 valence electrons. The van der Waals surface area contributed by atoms with Gasteiger partial charge in [0, 0.05) is 23.8 Å². The fourth-order valence-corrected chi connectivity index (χ4v) is 2.73. The first-order chi connectivity index (χ1) is 14.4. The summed E-state index contributed by atoms with van der Waals surface area (Å²) in [6.45, 7) is 0. The van der Waals surface area contributed by atoms with Gasteiger partial charge >= 0.3 is 5.97 Å². The van der Waals surface area contributed by atoms with Gasteiger partial charge in [0.2, 0.25) is 6.10 Å². The van der Waals surface area contributed by atoms with Crippen LogP contribution in [0, 0.1) is 10.1 Å². The van der Waals surface area contributed by atoms with Crippen LogP contribution < -0.4 is 5.32 Å². The van der Waals surface area contributed by atoms with Gasteiger partial charge in [-0.25, -0.2) is 4.79 Å². The zero-order valence-corrected chi connectivity index (χ0v) is 16.1. The summed E-state index contributed by atoms with van der Waals surface area (Å²) in [6, 6.07) is 15.4. The quantitative estimate of drug-likeness (QED) is 0.252. The molecule has 3 aromatic rings. The molecule has 2 aromatic carbocycles. The highest BCUT2D eigenvalue weighted by atomic mass is 35.5. The van der Waals surface area contributed by atoms with Gasteiger partial charge in [0.15, 0.2) is 0 Å². The fraction of sp³-hybridized carbons (Fsp3) is 0.0476. The molecular weight excluding hydrogens is 412 g/mol. The van der Waals surface area contributed by atoms with E-state index in [9.17, 15) is 19.7 Å². The summed E-state index contributed by atoms with van der Waals surface area (Å²) >= 11 is 6.03. The molecule has 0 spiro atoms. The molecule has 1 unspecified atom stereocenters. The van der Waals surface area contributed by atoms with Crippen LogP contribution in [0.4, 0.5) is 11.4 Å². The zero-order valence-electron chi connectivity index (χ0n) is 15.4.